The van der Waals surface area contributed by atoms with Gasteiger partial charge in [0.25, 0.3) is 11.8 Å². The summed E-state index contributed by atoms with van der Waals surface area (Å²) in [6.45, 7) is 7.80. The second kappa shape index (κ2) is 15.2. The number of methoxy groups -OCH3 is 2. The zero-order chi connectivity index (χ0) is 38.0. The average Bonchev–Trinajstić information content (AvgIpc) is 3.84. The van der Waals surface area contributed by atoms with Crippen molar-refractivity contribution in [2.75, 3.05) is 31.0 Å². The van der Waals surface area contributed by atoms with Crippen LogP contribution in [0.2, 0.25) is 18.6 Å². The number of para-hydroxylation sites is 1. The molecule has 5 aromatic rings. The van der Waals surface area contributed by atoms with Crippen molar-refractivity contribution in [1.29, 1.82) is 0 Å². The number of amides is 2. The molecule has 0 aliphatic carbocycles. The minimum atomic E-state index is -2.33. The Balaban J connectivity index is 1.20. The van der Waals surface area contributed by atoms with E-state index in [2.05, 4.69) is 47.8 Å². The molecule has 2 aliphatic heterocycles. The van der Waals surface area contributed by atoms with Crippen molar-refractivity contribution in [2.24, 2.45) is 5.92 Å². The Hall–Kier alpha value is -5.30. The zero-order valence-corrected chi connectivity index (χ0v) is 32.4. The average molecular weight is 746 g/mol. The van der Waals surface area contributed by atoms with E-state index in [0.717, 1.165) is 28.3 Å². The van der Waals surface area contributed by atoms with Gasteiger partial charge in [0, 0.05) is 48.5 Å². The van der Waals surface area contributed by atoms with Gasteiger partial charge in [0.15, 0.2) is 5.60 Å². The molecule has 0 radical (unpaired) electrons. The molecule has 3 heterocycles. The molecule has 280 valence electrons. The number of rotatable bonds is 13. The van der Waals surface area contributed by atoms with Crippen molar-refractivity contribution in [3.8, 4) is 11.5 Å². The first kappa shape index (κ1) is 37.0. The van der Waals surface area contributed by atoms with Crippen LogP contribution in [0.1, 0.15) is 40.5 Å². The molecule has 0 saturated carbocycles. The number of carbonyl (C=O) groups excluding carboxylic acids is 2. The van der Waals surface area contributed by atoms with Crippen LogP contribution in [0, 0.1) is 5.92 Å². The molecule has 12 heteroatoms. The summed E-state index contributed by atoms with van der Waals surface area (Å²) in [7, 11) is 0.930. The summed E-state index contributed by atoms with van der Waals surface area (Å²) < 4.78 is 19.8. The molecule has 2 N–H and O–H groups in total. The van der Waals surface area contributed by atoms with Gasteiger partial charge in [-0.2, -0.15) is 0 Å². The number of fused-ring (bicyclic) bond motifs is 2. The number of nitrogens with one attached hydrogen (secondary N) is 1. The first-order valence-corrected chi connectivity index (χ1v) is 21.4. The summed E-state index contributed by atoms with van der Waals surface area (Å²) in [6.07, 6.45) is 2.70. The zero-order valence-electron chi connectivity index (χ0n) is 31.4. The van der Waals surface area contributed by atoms with E-state index in [1.165, 1.54) is 5.19 Å². The van der Waals surface area contributed by atoms with Crippen molar-refractivity contribution in [2.45, 2.75) is 63.2 Å². The smallest absolute Gasteiger partial charge is 0.264 e. The van der Waals surface area contributed by atoms with Gasteiger partial charge in [-0.25, -0.2) is 0 Å². The highest BCUT2D eigenvalue weighted by molar-refractivity contribution is 6.91. The van der Waals surface area contributed by atoms with Gasteiger partial charge in [-0.1, -0.05) is 72.9 Å². The lowest BCUT2D eigenvalue weighted by molar-refractivity contribution is -0.146. The first-order valence-electron chi connectivity index (χ1n) is 18.4. The molecule has 0 unspecified atom stereocenters. The molecule has 54 heavy (non-hydrogen) atoms. The molecule has 2 aliphatic rings. The second-order valence-electron chi connectivity index (χ2n) is 14.7. The highest BCUT2D eigenvalue weighted by atomic mass is 28.3. The van der Waals surface area contributed by atoms with E-state index in [1.807, 2.05) is 71.8 Å². The lowest BCUT2D eigenvalue weighted by atomic mass is 9.82. The molecule has 1 fully saturated rings. The molecule has 1 aromatic heterocycles. The summed E-state index contributed by atoms with van der Waals surface area (Å²) in [5, 5.41) is 22.2. The van der Waals surface area contributed by atoms with Crippen LogP contribution in [-0.4, -0.2) is 66.9 Å². The van der Waals surface area contributed by atoms with Gasteiger partial charge in [0.2, 0.25) is 0 Å². The van der Waals surface area contributed by atoms with E-state index in [4.69, 9.17) is 14.2 Å². The maximum Gasteiger partial charge on any atom is 0.264 e. The number of anilines is 2. The van der Waals surface area contributed by atoms with Crippen LogP contribution < -0.4 is 24.9 Å². The number of aryl methyl sites for hydroxylation is 1. The summed E-state index contributed by atoms with van der Waals surface area (Å²) in [5.41, 5.74) is 3.35. The van der Waals surface area contributed by atoms with Crippen LogP contribution in [0.5, 0.6) is 11.5 Å². The van der Waals surface area contributed by atoms with Crippen LogP contribution in [-0.2, 0) is 34.6 Å². The van der Waals surface area contributed by atoms with Crippen molar-refractivity contribution < 1.29 is 28.9 Å². The van der Waals surface area contributed by atoms with E-state index >= 15 is 4.79 Å². The van der Waals surface area contributed by atoms with Crippen LogP contribution in [0.15, 0.2) is 103 Å². The quantitative estimate of drug-likeness (QED) is 0.142. The minimum Gasteiger partial charge on any atom is -0.497 e. The molecule has 11 nitrogen and oxygen atoms in total. The van der Waals surface area contributed by atoms with Gasteiger partial charge in [-0.3, -0.25) is 14.3 Å². The first-order chi connectivity index (χ1) is 26.1. The lowest BCUT2D eigenvalue weighted by Gasteiger charge is -2.37. The van der Waals surface area contributed by atoms with Gasteiger partial charge in [-0.05, 0) is 72.1 Å². The number of ether oxygens (including phenoxy) is 3. The molecule has 7 rings (SSSR count). The Labute approximate surface area is 316 Å². The highest BCUT2D eigenvalue weighted by Crippen LogP contribution is 2.60. The molecular formula is C42H47N5O6Si. The predicted octanol–water partition coefficient (Wildman–Crippen LogP) is 5.94. The monoisotopic (exact) mass is 745 g/mol. The highest BCUT2D eigenvalue weighted by Gasteiger charge is 2.66. The van der Waals surface area contributed by atoms with E-state index in [1.54, 1.807) is 43.2 Å². The van der Waals surface area contributed by atoms with E-state index < -0.39 is 13.7 Å². The van der Waals surface area contributed by atoms with Gasteiger partial charge in [-0.15, -0.1) is 5.10 Å². The molecule has 1 saturated heterocycles. The normalized spacial score (nSPS) is 20.7. The summed E-state index contributed by atoms with van der Waals surface area (Å²) in [6, 6.07) is 30.9. The maximum absolute atomic E-state index is 15.2. The largest absolute Gasteiger partial charge is 0.497 e. The van der Waals surface area contributed by atoms with Gasteiger partial charge in [0.05, 0.1) is 46.3 Å². The Kier molecular flexibility index (Phi) is 10.4. The van der Waals surface area contributed by atoms with Gasteiger partial charge in [0.1, 0.15) is 11.5 Å². The summed E-state index contributed by atoms with van der Waals surface area (Å²) >= 11 is 0. The number of nitrogens with zero attached hydrogens (tertiary/aromatic N) is 4. The standard InChI is InChI=1S/C42H47N5O6Si/c1-28-39(54(4,5)35-19-17-34(52-3)18-20-35)38(21-23-46-27-32(22-24-48)44-45-46)53-42(28)36-11-6-7-12-37(36)47(41(42)50)26-29-9-8-10-31(25-29)43-40(49)30-13-15-33(51-2)16-14-30/h6-20,25,27-28,38-39,48H,21-24,26H2,1-5H3,(H,43,49)/t28-,38+,39-,42+/m0/s1. The molecule has 4 atom stereocenters. The van der Waals surface area contributed by atoms with E-state index in [-0.39, 0.29) is 36.0 Å². The van der Waals surface area contributed by atoms with E-state index in [0.29, 0.717) is 42.9 Å². The van der Waals surface area contributed by atoms with Gasteiger partial charge < -0.3 is 29.5 Å². The van der Waals surface area contributed by atoms with Gasteiger partial charge >= 0.3 is 0 Å². The number of carbonyl (C=O) groups is 2. The number of hydrogen-bond acceptors (Lipinski definition) is 8. The third kappa shape index (κ3) is 6.81. The van der Waals surface area contributed by atoms with Crippen LogP contribution in [0.3, 0.4) is 0 Å². The fraction of sp³-hybridized carbons (Fsp3) is 0.333. The molecule has 1 spiro atoms. The Bertz CT molecular complexity index is 2120. The van der Waals surface area contributed by atoms with Crippen molar-refractivity contribution in [3.05, 3.63) is 126 Å². The number of aliphatic hydroxyl groups excluding tert-OH is 1. The summed E-state index contributed by atoms with van der Waals surface area (Å²) in [5.74, 6) is 1.01. The SMILES string of the molecule is COc1ccc(C(=O)Nc2cccc(CN3C(=O)[C@]4(O[C@H](CCn5cc(CCO)nn5)[C@@H]([Si](C)(C)c5ccc(OC)cc5)[C@@H]4C)c4ccccc43)c2)cc1. The van der Waals surface area contributed by atoms with Crippen LogP contribution >= 0.6 is 0 Å². The van der Waals surface area contributed by atoms with Crippen LogP contribution in [0.4, 0.5) is 11.4 Å². The molecule has 4 aromatic carbocycles. The van der Waals surface area contributed by atoms with E-state index in [9.17, 15) is 9.90 Å². The minimum absolute atomic E-state index is 0.00877. The van der Waals surface area contributed by atoms with Crippen molar-refractivity contribution in [1.82, 2.24) is 15.0 Å². The Morgan fingerprint density at radius 1 is 0.963 bits per heavy atom. The number of aliphatic hydroxyl groups is 1. The number of aromatic nitrogens is 3. The third-order valence-corrected chi connectivity index (χ3v) is 15.6. The fourth-order valence-electron chi connectivity index (χ4n) is 8.51. The van der Waals surface area contributed by atoms with Crippen molar-refractivity contribution >= 4 is 36.4 Å². The number of benzene rings is 4. The molecular weight excluding hydrogens is 699 g/mol. The Morgan fingerprint density at radius 3 is 2.37 bits per heavy atom. The van der Waals surface area contributed by atoms with Crippen molar-refractivity contribution in [3.63, 3.8) is 0 Å². The maximum atomic E-state index is 15.2. The predicted molar refractivity (Wildman–Crippen MR) is 210 cm³/mol. The Morgan fingerprint density at radius 2 is 1.67 bits per heavy atom. The molecule has 0 bridgehead atoms. The molecule has 2 amide bonds. The second-order valence-corrected chi connectivity index (χ2v) is 19.4. The fourth-order valence-corrected chi connectivity index (χ4v) is 12.6. The number of hydrogen-bond donors (Lipinski definition) is 2. The third-order valence-electron chi connectivity index (χ3n) is 11.2. The lowest BCUT2D eigenvalue weighted by Crippen LogP contribution is -2.51. The van der Waals surface area contributed by atoms with Crippen LogP contribution in [0.25, 0.3) is 0 Å². The summed E-state index contributed by atoms with van der Waals surface area (Å²) in [4.78, 5) is 30.1. The topological polar surface area (TPSA) is 128 Å².